The fourth-order valence-electron chi connectivity index (χ4n) is 2.40. The van der Waals surface area contributed by atoms with Crippen LogP contribution in [-0.4, -0.2) is 47.3 Å². The van der Waals surface area contributed by atoms with Gasteiger partial charge < -0.3 is 9.84 Å². The van der Waals surface area contributed by atoms with Gasteiger partial charge in [-0.3, -0.25) is 9.69 Å². The Hall–Kier alpha value is -0.610. The van der Waals surface area contributed by atoms with Crippen LogP contribution in [0.3, 0.4) is 0 Å². The predicted molar refractivity (Wildman–Crippen MR) is 71.8 cm³/mol. The van der Waals surface area contributed by atoms with Gasteiger partial charge in [0.25, 0.3) is 0 Å². The standard InChI is InChI=1S/C14H27NO3/c1-14(2,3)15(10-8-13(16)17)9-4-6-12-7-5-11-18-12/h12H,4-11H2,1-3H3,(H,16,17). The molecule has 1 unspecified atom stereocenters. The molecule has 0 saturated carbocycles. The van der Waals surface area contributed by atoms with Crippen LogP contribution >= 0.6 is 0 Å². The molecule has 0 aromatic rings. The van der Waals surface area contributed by atoms with Gasteiger partial charge in [-0.1, -0.05) is 0 Å². The van der Waals surface area contributed by atoms with Crippen LogP contribution in [0.2, 0.25) is 0 Å². The number of rotatable bonds is 7. The topological polar surface area (TPSA) is 49.8 Å². The lowest BCUT2D eigenvalue weighted by molar-refractivity contribution is -0.137. The van der Waals surface area contributed by atoms with E-state index in [2.05, 4.69) is 25.7 Å². The van der Waals surface area contributed by atoms with Gasteiger partial charge in [-0.25, -0.2) is 0 Å². The Morgan fingerprint density at radius 1 is 1.39 bits per heavy atom. The smallest absolute Gasteiger partial charge is 0.304 e. The summed E-state index contributed by atoms with van der Waals surface area (Å²) in [4.78, 5) is 12.9. The van der Waals surface area contributed by atoms with Gasteiger partial charge in [-0.15, -0.1) is 0 Å². The van der Waals surface area contributed by atoms with Gasteiger partial charge in [0.05, 0.1) is 12.5 Å². The molecule has 18 heavy (non-hydrogen) atoms. The Balaban J connectivity index is 2.28. The quantitative estimate of drug-likeness (QED) is 0.761. The minimum atomic E-state index is -0.719. The molecule has 1 fully saturated rings. The van der Waals surface area contributed by atoms with E-state index >= 15 is 0 Å². The van der Waals surface area contributed by atoms with E-state index in [1.165, 1.54) is 12.8 Å². The molecule has 0 spiro atoms. The summed E-state index contributed by atoms with van der Waals surface area (Å²) >= 11 is 0. The summed E-state index contributed by atoms with van der Waals surface area (Å²) in [6.45, 7) is 8.91. The van der Waals surface area contributed by atoms with Gasteiger partial charge in [-0.2, -0.15) is 0 Å². The van der Waals surface area contributed by atoms with Crippen molar-refractivity contribution in [3.63, 3.8) is 0 Å². The van der Waals surface area contributed by atoms with Crippen LogP contribution < -0.4 is 0 Å². The first-order valence-electron chi connectivity index (χ1n) is 6.98. The SMILES string of the molecule is CC(C)(C)N(CCCC1CCCO1)CCC(=O)O. The molecule has 0 amide bonds. The average Bonchev–Trinajstić information content (AvgIpc) is 2.73. The number of ether oxygens (including phenoxy) is 1. The molecule has 1 N–H and O–H groups in total. The first-order valence-corrected chi connectivity index (χ1v) is 6.98. The molecule has 1 heterocycles. The number of hydrogen-bond acceptors (Lipinski definition) is 3. The van der Waals surface area contributed by atoms with E-state index in [4.69, 9.17) is 9.84 Å². The Morgan fingerprint density at radius 3 is 2.61 bits per heavy atom. The van der Waals surface area contributed by atoms with E-state index in [0.29, 0.717) is 12.6 Å². The van der Waals surface area contributed by atoms with Gasteiger partial charge in [0.15, 0.2) is 0 Å². The average molecular weight is 257 g/mol. The van der Waals surface area contributed by atoms with Crippen molar-refractivity contribution in [1.29, 1.82) is 0 Å². The lowest BCUT2D eigenvalue weighted by Crippen LogP contribution is -2.43. The second-order valence-corrected chi connectivity index (χ2v) is 6.08. The zero-order valence-electron chi connectivity index (χ0n) is 11.9. The van der Waals surface area contributed by atoms with Crippen LogP contribution in [-0.2, 0) is 9.53 Å². The lowest BCUT2D eigenvalue weighted by atomic mass is 10.0. The first-order chi connectivity index (χ1) is 8.39. The van der Waals surface area contributed by atoms with Crippen molar-refractivity contribution in [2.75, 3.05) is 19.7 Å². The lowest BCUT2D eigenvalue weighted by Gasteiger charge is -2.35. The van der Waals surface area contributed by atoms with E-state index in [9.17, 15) is 4.79 Å². The molecule has 1 saturated heterocycles. The minimum absolute atomic E-state index is 0.0337. The zero-order valence-corrected chi connectivity index (χ0v) is 11.9. The van der Waals surface area contributed by atoms with Crippen molar-refractivity contribution in [3.8, 4) is 0 Å². The van der Waals surface area contributed by atoms with Crippen molar-refractivity contribution >= 4 is 5.97 Å². The molecular weight excluding hydrogens is 230 g/mol. The van der Waals surface area contributed by atoms with Gasteiger partial charge in [0.1, 0.15) is 0 Å². The molecule has 0 radical (unpaired) electrons. The van der Waals surface area contributed by atoms with Crippen LogP contribution in [0.4, 0.5) is 0 Å². The number of hydrogen-bond donors (Lipinski definition) is 1. The highest BCUT2D eigenvalue weighted by atomic mass is 16.5. The van der Waals surface area contributed by atoms with Gasteiger partial charge >= 0.3 is 5.97 Å². The second-order valence-electron chi connectivity index (χ2n) is 6.08. The number of aliphatic carboxylic acids is 1. The molecule has 1 aliphatic heterocycles. The van der Waals surface area contributed by atoms with Crippen LogP contribution in [0.5, 0.6) is 0 Å². The van der Waals surface area contributed by atoms with Crippen molar-refractivity contribution in [3.05, 3.63) is 0 Å². The molecule has 0 aromatic heterocycles. The van der Waals surface area contributed by atoms with E-state index in [1.54, 1.807) is 0 Å². The molecule has 1 atom stereocenters. The van der Waals surface area contributed by atoms with Crippen LogP contribution in [0.15, 0.2) is 0 Å². The highest BCUT2D eigenvalue weighted by Crippen LogP contribution is 2.19. The highest BCUT2D eigenvalue weighted by Gasteiger charge is 2.22. The molecule has 0 bridgehead atoms. The maximum absolute atomic E-state index is 10.7. The van der Waals surface area contributed by atoms with Gasteiger partial charge in [0.2, 0.25) is 0 Å². The third-order valence-corrected chi connectivity index (χ3v) is 3.52. The minimum Gasteiger partial charge on any atom is -0.481 e. The van der Waals surface area contributed by atoms with Crippen molar-refractivity contribution < 1.29 is 14.6 Å². The molecule has 1 aliphatic rings. The first kappa shape index (κ1) is 15.4. The molecule has 106 valence electrons. The van der Waals surface area contributed by atoms with Crippen LogP contribution in [0.1, 0.15) is 52.9 Å². The van der Waals surface area contributed by atoms with Gasteiger partial charge in [0, 0.05) is 18.7 Å². The fraction of sp³-hybridized carbons (Fsp3) is 0.929. The Kier molecular flexibility index (Phi) is 6.09. The summed E-state index contributed by atoms with van der Waals surface area (Å²) < 4.78 is 5.61. The highest BCUT2D eigenvalue weighted by molar-refractivity contribution is 5.66. The third kappa shape index (κ3) is 5.83. The number of carbonyl (C=O) groups is 1. The number of carboxylic acid groups (broad SMARTS) is 1. The maximum atomic E-state index is 10.7. The van der Waals surface area contributed by atoms with Crippen LogP contribution in [0.25, 0.3) is 0 Å². The molecule has 0 aromatic carbocycles. The Bertz CT molecular complexity index is 254. The second kappa shape index (κ2) is 7.10. The predicted octanol–water partition coefficient (Wildman–Crippen LogP) is 2.52. The monoisotopic (exact) mass is 257 g/mol. The van der Waals surface area contributed by atoms with E-state index in [1.807, 2.05) is 0 Å². The summed E-state index contributed by atoms with van der Waals surface area (Å²) in [5.41, 5.74) is 0.0337. The summed E-state index contributed by atoms with van der Waals surface area (Å²) in [6, 6.07) is 0. The molecule has 4 heteroatoms. The molecular formula is C14H27NO3. The summed E-state index contributed by atoms with van der Waals surface area (Å²) in [6.07, 6.45) is 5.21. The van der Waals surface area contributed by atoms with E-state index in [-0.39, 0.29) is 12.0 Å². The zero-order chi connectivity index (χ0) is 13.6. The number of carboxylic acids is 1. The van der Waals surface area contributed by atoms with Crippen molar-refractivity contribution in [2.24, 2.45) is 0 Å². The third-order valence-electron chi connectivity index (χ3n) is 3.52. The van der Waals surface area contributed by atoms with E-state index < -0.39 is 5.97 Å². The molecule has 1 rings (SSSR count). The molecule has 4 nitrogen and oxygen atoms in total. The van der Waals surface area contributed by atoms with Crippen molar-refractivity contribution in [1.82, 2.24) is 4.90 Å². The number of nitrogens with zero attached hydrogens (tertiary/aromatic N) is 1. The maximum Gasteiger partial charge on any atom is 0.304 e. The Labute approximate surface area is 110 Å². The van der Waals surface area contributed by atoms with E-state index in [0.717, 1.165) is 26.0 Å². The normalized spacial score (nSPS) is 20.6. The summed E-state index contributed by atoms with van der Waals surface area (Å²) in [5.74, 6) is -0.719. The summed E-state index contributed by atoms with van der Waals surface area (Å²) in [7, 11) is 0. The summed E-state index contributed by atoms with van der Waals surface area (Å²) in [5, 5.41) is 8.78. The molecule has 0 aliphatic carbocycles. The van der Waals surface area contributed by atoms with Crippen molar-refractivity contribution in [2.45, 2.75) is 64.5 Å². The van der Waals surface area contributed by atoms with Crippen LogP contribution in [0, 0.1) is 0 Å². The fourth-order valence-corrected chi connectivity index (χ4v) is 2.40. The Morgan fingerprint density at radius 2 is 2.11 bits per heavy atom. The van der Waals surface area contributed by atoms with Gasteiger partial charge in [-0.05, 0) is 53.0 Å². The largest absolute Gasteiger partial charge is 0.481 e.